The summed E-state index contributed by atoms with van der Waals surface area (Å²) in [5.41, 5.74) is 0. The number of sulfone groups is 1. The van der Waals surface area contributed by atoms with Crippen LogP contribution in [0.5, 0.6) is 0 Å². The molecule has 2 fully saturated rings. The van der Waals surface area contributed by atoms with Crippen molar-refractivity contribution in [1.82, 2.24) is 9.80 Å². The van der Waals surface area contributed by atoms with Crippen molar-refractivity contribution in [2.24, 2.45) is 0 Å². The van der Waals surface area contributed by atoms with E-state index in [1.165, 1.54) is 19.4 Å². The average Bonchev–Trinajstić information content (AvgIpc) is 2.83. The Hall–Kier alpha value is -0.620. The van der Waals surface area contributed by atoms with Gasteiger partial charge in [-0.25, -0.2) is 8.42 Å². The summed E-state index contributed by atoms with van der Waals surface area (Å²) in [6.45, 7) is 5.00. The number of halogens is 1. The van der Waals surface area contributed by atoms with Gasteiger partial charge in [-0.1, -0.05) is 11.6 Å². The highest BCUT2D eigenvalue weighted by Crippen LogP contribution is 2.22. The van der Waals surface area contributed by atoms with E-state index < -0.39 is 9.84 Å². The Labute approximate surface area is 138 Å². The van der Waals surface area contributed by atoms with Gasteiger partial charge in [-0.2, -0.15) is 0 Å². The molecule has 2 aliphatic heterocycles. The Morgan fingerprint density at radius 1 is 1.09 bits per heavy atom. The minimum atomic E-state index is -3.22. The molecule has 1 atom stereocenters. The molecule has 4 nitrogen and oxygen atoms in total. The number of benzene rings is 1. The molecular weight excluding hydrogens is 320 g/mol. The third-order valence-electron chi connectivity index (χ3n) is 4.74. The Morgan fingerprint density at radius 2 is 1.82 bits per heavy atom. The quantitative estimate of drug-likeness (QED) is 0.841. The first-order valence-electron chi connectivity index (χ1n) is 7.99. The van der Waals surface area contributed by atoms with Gasteiger partial charge in [0.15, 0.2) is 9.84 Å². The summed E-state index contributed by atoms with van der Waals surface area (Å²) >= 11 is 5.82. The molecule has 0 saturated carbocycles. The van der Waals surface area contributed by atoms with E-state index >= 15 is 0 Å². The molecule has 1 aromatic rings. The summed E-state index contributed by atoms with van der Waals surface area (Å²) in [6.07, 6.45) is 3.67. The first-order chi connectivity index (χ1) is 10.5. The van der Waals surface area contributed by atoms with Crippen LogP contribution in [0, 0.1) is 0 Å². The predicted molar refractivity (Wildman–Crippen MR) is 89.2 cm³/mol. The molecule has 3 rings (SSSR count). The van der Waals surface area contributed by atoms with Crippen LogP contribution in [0.2, 0.25) is 5.02 Å². The lowest BCUT2D eigenvalue weighted by Gasteiger charge is -2.25. The highest BCUT2D eigenvalue weighted by atomic mass is 35.5. The topological polar surface area (TPSA) is 40.6 Å². The van der Waals surface area contributed by atoms with Crippen LogP contribution in [0.4, 0.5) is 0 Å². The Kier molecular flexibility index (Phi) is 5.07. The molecule has 6 heteroatoms. The van der Waals surface area contributed by atoms with E-state index in [9.17, 15) is 8.42 Å². The van der Waals surface area contributed by atoms with E-state index in [1.807, 2.05) is 0 Å². The summed E-state index contributed by atoms with van der Waals surface area (Å²) in [5.74, 6) is 0.182. The van der Waals surface area contributed by atoms with Crippen molar-refractivity contribution >= 4 is 21.4 Å². The van der Waals surface area contributed by atoms with E-state index in [2.05, 4.69) is 9.80 Å². The number of fused-ring (bicyclic) bond motifs is 1. The van der Waals surface area contributed by atoms with Crippen LogP contribution < -0.4 is 0 Å². The van der Waals surface area contributed by atoms with Gasteiger partial charge >= 0.3 is 0 Å². The van der Waals surface area contributed by atoms with E-state index in [1.54, 1.807) is 24.3 Å². The summed E-state index contributed by atoms with van der Waals surface area (Å²) < 4.78 is 24.8. The normalized spacial score (nSPS) is 24.1. The second-order valence-electron chi connectivity index (χ2n) is 6.26. The molecule has 122 valence electrons. The van der Waals surface area contributed by atoms with Gasteiger partial charge in [-0.05, 0) is 63.2 Å². The predicted octanol–water partition coefficient (Wildman–Crippen LogP) is 2.28. The fourth-order valence-electron chi connectivity index (χ4n) is 3.50. The zero-order valence-corrected chi connectivity index (χ0v) is 14.3. The van der Waals surface area contributed by atoms with Crippen molar-refractivity contribution < 1.29 is 8.42 Å². The van der Waals surface area contributed by atoms with Crippen LogP contribution in [0.15, 0.2) is 29.2 Å². The summed E-state index contributed by atoms with van der Waals surface area (Å²) in [4.78, 5) is 5.26. The monoisotopic (exact) mass is 342 g/mol. The van der Waals surface area contributed by atoms with E-state index in [4.69, 9.17) is 11.6 Å². The SMILES string of the molecule is O=S(=O)(CCN1CCCN2CCCC2C1)c1ccc(Cl)cc1. The van der Waals surface area contributed by atoms with Crippen LogP contribution >= 0.6 is 11.6 Å². The van der Waals surface area contributed by atoms with Crippen molar-refractivity contribution in [2.75, 3.05) is 38.5 Å². The Balaban J connectivity index is 1.60. The number of rotatable bonds is 4. The molecule has 0 aromatic heterocycles. The van der Waals surface area contributed by atoms with Gasteiger partial charge in [0.1, 0.15) is 0 Å². The zero-order chi connectivity index (χ0) is 15.6. The van der Waals surface area contributed by atoms with Crippen LogP contribution in [0.1, 0.15) is 19.3 Å². The van der Waals surface area contributed by atoms with Gasteiger partial charge in [0.05, 0.1) is 10.6 Å². The minimum Gasteiger partial charge on any atom is -0.301 e. The molecular formula is C16H23ClN2O2S. The van der Waals surface area contributed by atoms with Gasteiger partial charge < -0.3 is 4.90 Å². The standard InChI is InChI=1S/C16H23ClN2O2S/c17-14-4-6-16(7-5-14)22(20,21)12-11-18-8-2-10-19-9-1-3-15(19)13-18/h4-7,15H,1-3,8-13H2. The molecule has 0 bridgehead atoms. The van der Waals surface area contributed by atoms with Gasteiger partial charge in [0.2, 0.25) is 0 Å². The first-order valence-corrected chi connectivity index (χ1v) is 10.0. The van der Waals surface area contributed by atoms with Crippen molar-refractivity contribution in [3.8, 4) is 0 Å². The number of hydrogen-bond donors (Lipinski definition) is 0. The van der Waals surface area contributed by atoms with Crippen LogP contribution in [0.3, 0.4) is 0 Å². The minimum absolute atomic E-state index is 0.182. The maximum absolute atomic E-state index is 12.4. The van der Waals surface area contributed by atoms with Crippen LogP contribution in [-0.2, 0) is 9.84 Å². The van der Waals surface area contributed by atoms with Gasteiger partial charge in [0.25, 0.3) is 0 Å². The second-order valence-corrected chi connectivity index (χ2v) is 8.80. The highest BCUT2D eigenvalue weighted by molar-refractivity contribution is 7.91. The average molecular weight is 343 g/mol. The van der Waals surface area contributed by atoms with E-state index in [0.717, 1.165) is 26.1 Å². The van der Waals surface area contributed by atoms with E-state index in [-0.39, 0.29) is 5.75 Å². The first kappa shape index (κ1) is 16.2. The lowest BCUT2D eigenvalue weighted by Crippen LogP contribution is -2.38. The van der Waals surface area contributed by atoms with Crippen LogP contribution in [0.25, 0.3) is 0 Å². The third-order valence-corrected chi connectivity index (χ3v) is 6.70. The van der Waals surface area contributed by atoms with Crippen molar-refractivity contribution in [3.63, 3.8) is 0 Å². The molecule has 1 aromatic carbocycles. The smallest absolute Gasteiger partial charge is 0.179 e. The summed E-state index contributed by atoms with van der Waals surface area (Å²) in [6, 6.07) is 7.09. The fraction of sp³-hybridized carbons (Fsp3) is 0.625. The Morgan fingerprint density at radius 3 is 2.59 bits per heavy atom. The molecule has 2 saturated heterocycles. The molecule has 0 N–H and O–H groups in total. The number of nitrogens with zero attached hydrogens (tertiary/aromatic N) is 2. The number of hydrogen-bond acceptors (Lipinski definition) is 4. The van der Waals surface area contributed by atoms with E-state index in [0.29, 0.717) is 22.5 Å². The molecule has 2 aliphatic rings. The summed E-state index contributed by atoms with van der Waals surface area (Å²) in [5, 5.41) is 0.563. The van der Waals surface area contributed by atoms with Gasteiger partial charge in [-0.15, -0.1) is 0 Å². The van der Waals surface area contributed by atoms with Crippen molar-refractivity contribution in [1.29, 1.82) is 0 Å². The maximum Gasteiger partial charge on any atom is 0.179 e. The molecule has 1 unspecified atom stereocenters. The van der Waals surface area contributed by atoms with Crippen LogP contribution in [-0.4, -0.2) is 62.7 Å². The van der Waals surface area contributed by atoms with Gasteiger partial charge in [-0.3, -0.25) is 4.90 Å². The third kappa shape index (κ3) is 3.82. The largest absolute Gasteiger partial charge is 0.301 e. The molecule has 0 spiro atoms. The molecule has 22 heavy (non-hydrogen) atoms. The lowest BCUT2D eigenvalue weighted by atomic mass is 10.2. The lowest BCUT2D eigenvalue weighted by molar-refractivity contribution is 0.226. The highest BCUT2D eigenvalue weighted by Gasteiger charge is 2.29. The molecule has 0 amide bonds. The van der Waals surface area contributed by atoms with Gasteiger partial charge in [0, 0.05) is 24.2 Å². The Bertz CT molecular complexity index is 603. The molecule has 2 heterocycles. The zero-order valence-electron chi connectivity index (χ0n) is 12.7. The summed E-state index contributed by atoms with van der Waals surface area (Å²) in [7, 11) is -3.22. The van der Waals surface area contributed by atoms with Crippen molar-refractivity contribution in [2.45, 2.75) is 30.2 Å². The maximum atomic E-state index is 12.4. The van der Waals surface area contributed by atoms with Crippen molar-refractivity contribution in [3.05, 3.63) is 29.3 Å². The molecule has 0 radical (unpaired) electrons. The molecule has 0 aliphatic carbocycles. The fourth-order valence-corrected chi connectivity index (χ4v) is 4.91. The second kappa shape index (κ2) is 6.87.